The average molecular weight is 454 g/mol. The van der Waals surface area contributed by atoms with Crippen molar-refractivity contribution in [3.05, 3.63) is 65.8 Å². The first-order valence-electron chi connectivity index (χ1n) is 10.6. The van der Waals surface area contributed by atoms with Crippen LogP contribution in [-0.2, 0) is 0 Å². The van der Waals surface area contributed by atoms with Crippen LogP contribution in [0, 0.1) is 5.82 Å². The van der Waals surface area contributed by atoms with Gasteiger partial charge in [0, 0.05) is 38.3 Å². The SMILES string of the molecule is O[C@@H](COc1cccc(-c2noc3ccsc23)c1)CN1CCN(c2ccccc2F)CC1. The second-order valence-electron chi connectivity index (χ2n) is 7.88. The molecule has 1 aliphatic rings. The number of rotatable bonds is 7. The van der Waals surface area contributed by atoms with Crippen LogP contribution in [0.1, 0.15) is 0 Å². The smallest absolute Gasteiger partial charge is 0.178 e. The molecule has 1 atom stereocenters. The number of ether oxygens (including phenoxy) is 1. The van der Waals surface area contributed by atoms with Crippen LogP contribution >= 0.6 is 11.3 Å². The Kier molecular flexibility index (Phi) is 6.07. The number of hydrogen-bond acceptors (Lipinski definition) is 7. The number of piperazine rings is 1. The normalized spacial score (nSPS) is 15.9. The third kappa shape index (κ3) is 4.48. The van der Waals surface area contributed by atoms with Crippen LogP contribution in [0.3, 0.4) is 0 Å². The van der Waals surface area contributed by atoms with E-state index in [0.29, 0.717) is 18.0 Å². The van der Waals surface area contributed by atoms with E-state index in [-0.39, 0.29) is 12.4 Å². The second kappa shape index (κ2) is 9.28. The van der Waals surface area contributed by atoms with Crippen LogP contribution in [-0.4, -0.2) is 60.6 Å². The Hall–Kier alpha value is -2.94. The number of hydrogen-bond donors (Lipinski definition) is 1. The second-order valence-corrected chi connectivity index (χ2v) is 8.79. The zero-order valence-electron chi connectivity index (χ0n) is 17.5. The zero-order valence-corrected chi connectivity index (χ0v) is 18.3. The van der Waals surface area contributed by atoms with E-state index >= 15 is 0 Å². The van der Waals surface area contributed by atoms with Gasteiger partial charge in [0.05, 0.1) is 5.69 Å². The Morgan fingerprint density at radius 2 is 1.94 bits per heavy atom. The predicted molar refractivity (Wildman–Crippen MR) is 124 cm³/mol. The van der Waals surface area contributed by atoms with Crippen molar-refractivity contribution in [2.45, 2.75) is 6.10 Å². The monoisotopic (exact) mass is 453 g/mol. The minimum absolute atomic E-state index is 0.193. The van der Waals surface area contributed by atoms with Gasteiger partial charge in [-0.3, -0.25) is 4.90 Å². The minimum Gasteiger partial charge on any atom is -0.491 e. The standard InChI is InChI=1S/C24H24FN3O3S/c25-20-6-1-2-7-21(20)28-11-9-27(10-12-28)15-18(29)16-30-19-5-3-4-17(14-19)23-24-22(31-26-23)8-13-32-24/h1-8,13-14,18,29H,9-12,15-16H2/t18-/m1/s1. The van der Waals surface area contributed by atoms with Crippen molar-refractivity contribution < 1.29 is 18.8 Å². The maximum atomic E-state index is 14.0. The highest BCUT2D eigenvalue weighted by atomic mass is 32.1. The highest BCUT2D eigenvalue weighted by Gasteiger charge is 2.21. The molecule has 0 amide bonds. The molecule has 32 heavy (non-hydrogen) atoms. The first-order chi connectivity index (χ1) is 15.7. The molecule has 5 rings (SSSR count). The van der Waals surface area contributed by atoms with Gasteiger partial charge in [-0.05, 0) is 35.7 Å². The van der Waals surface area contributed by atoms with Crippen LogP contribution in [0.15, 0.2) is 64.5 Å². The number of para-hydroxylation sites is 1. The molecule has 0 aliphatic carbocycles. The van der Waals surface area contributed by atoms with Crippen molar-refractivity contribution in [2.24, 2.45) is 0 Å². The fraction of sp³-hybridized carbons (Fsp3) is 0.292. The molecular weight excluding hydrogens is 429 g/mol. The van der Waals surface area contributed by atoms with Crippen molar-refractivity contribution >= 4 is 27.3 Å². The highest BCUT2D eigenvalue weighted by molar-refractivity contribution is 7.17. The Morgan fingerprint density at radius 3 is 2.78 bits per heavy atom. The van der Waals surface area contributed by atoms with Gasteiger partial charge in [0.15, 0.2) is 5.58 Å². The fourth-order valence-electron chi connectivity index (χ4n) is 4.02. The van der Waals surface area contributed by atoms with Gasteiger partial charge in [0.2, 0.25) is 0 Å². The third-order valence-corrected chi connectivity index (χ3v) is 6.57. The van der Waals surface area contributed by atoms with E-state index in [1.807, 2.05) is 47.8 Å². The topological polar surface area (TPSA) is 62.0 Å². The van der Waals surface area contributed by atoms with Crippen molar-refractivity contribution in [1.29, 1.82) is 0 Å². The molecule has 0 bridgehead atoms. The molecule has 1 saturated heterocycles. The quantitative estimate of drug-likeness (QED) is 0.451. The van der Waals surface area contributed by atoms with Crippen LogP contribution in [0.25, 0.3) is 21.5 Å². The summed E-state index contributed by atoms with van der Waals surface area (Å²) in [6.07, 6.45) is -0.616. The summed E-state index contributed by atoms with van der Waals surface area (Å²) in [6, 6.07) is 16.4. The minimum atomic E-state index is -0.616. The molecule has 166 valence electrons. The molecule has 6 nitrogen and oxygen atoms in total. The predicted octanol–water partition coefficient (Wildman–Crippen LogP) is 4.26. The fourth-order valence-corrected chi connectivity index (χ4v) is 4.83. The van der Waals surface area contributed by atoms with Crippen LogP contribution in [0.2, 0.25) is 0 Å². The highest BCUT2D eigenvalue weighted by Crippen LogP contribution is 2.33. The molecule has 2 aromatic heterocycles. The number of aromatic nitrogens is 1. The largest absolute Gasteiger partial charge is 0.491 e. The Morgan fingerprint density at radius 1 is 1.09 bits per heavy atom. The van der Waals surface area contributed by atoms with Crippen molar-refractivity contribution in [2.75, 3.05) is 44.2 Å². The summed E-state index contributed by atoms with van der Waals surface area (Å²) in [5.74, 6) is 0.487. The van der Waals surface area contributed by atoms with E-state index in [1.165, 1.54) is 6.07 Å². The van der Waals surface area contributed by atoms with Gasteiger partial charge in [-0.15, -0.1) is 11.3 Å². The van der Waals surface area contributed by atoms with Gasteiger partial charge >= 0.3 is 0 Å². The number of benzene rings is 2. The number of fused-ring (bicyclic) bond motifs is 1. The van der Waals surface area contributed by atoms with Crippen molar-refractivity contribution in [1.82, 2.24) is 10.1 Å². The summed E-state index contributed by atoms with van der Waals surface area (Å²) in [5, 5.41) is 16.6. The number of anilines is 1. The van der Waals surface area contributed by atoms with Gasteiger partial charge in [0.25, 0.3) is 0 Å². The summed E-state index contributed by atoms with van der Waals surface area (Å²) < 4.78 is 26.2. The van der Waals surface area contributed by atoms with Crippen LogP contribution in [0.5, 0.6) is 5.75 Å². The van der Waals surface area contributed by atoms with Crippen molar-refractivity contribution in [3.8, 4) is 17.0 Å². The number of nitrogens with zero attached hydrogens (tertiary/aromatic N) is 3. The summed E-state index contributed by atoms with van der Waals surface area (Å²) in [6.45, 7) is 3.71. The summed E-state index contributed by atoms with van der Waals surface area (Å²) >= 11 is 1.59. The Balaban J connectivity index is 1.13. The zero-order chi connectivity index (χ0) is 21.9. The Bertz CT molecular complexity index is 1190. The van der Waals surface area contributed by atoms with Gasteiger partial charge in [0.1, 0.15) is 34.7 Å². The molecule has 4 aromatic rings. The van der Waals surface area contributed by atoms with E-state index in [2.05, 4.69) is 15.0 Å². The van der Waals surface area contributed by atoms with Gasteiger partial charge < -0.3 is 19.3 Å². The lowest BCUT2D eigenvalue weighted by Crippen LogP contribution is -2.49. The number of aliphatic hydroxyl groups is 1. The molecule has 0 saturated carbocycles. The maximum absolute atomic E-state index is 14.0. The lowest BCUT2D eigenvalue weighted by atomic mass is 10.1. The average Bonchev–Trinajstić information content (AvgIpc) is 3.43. The van der Waals surface area contributed by atoms with E-state index in [1.54, 1.807) is 17.4 Å². The van der Waals surface area contributed by atoms with E-state index in [0.717, 1.165) is 47.7 Å². The van der Waals surface area contributed by atoms with E-state index < -0.39 is 6.10 Å². The van der Waals surface area contributed by atoms with E-state index in [9.17, 15) is 9.50 Å². The summed E-state index contributed by atoms with van der Waals surface area (Å²) in [7, 11) is 0. The lowest BCUT2D eigenvalue weighted by molar-refractivity contribution is 0.0663. The molecule has 1 aliphatic heterocycles. The molecule has 3 heterocycles. The number of halogens is 1. The molecule has 0 radical (unpaired) electrons. The third-order valence-electron chi connectivity index (χ3n) is 5.66. The summed E-state index contributed by atoms with van der Waals surface area (Å²) in [4.78, 5) is 4.24. The lowest BCUT2D eigenvalue weighted by Gasteiger charge is -2.36. The summed E-state index contributed by atoms with van der Waals surface area (Å²) in [5.41, 5.74) is 3.14. The molecule has 2 aromatic carbocycles. The maximum Gasteiger partial charge on any atom is 0.178 e. The molecule has 0 unspecified atom stereocenters. The van der Waals surface area contributed by atoms with Crippen LogP contribution < -0.4 is 9.64 Å². The van der Waals surface area contributed by atoms with Crippen molar-refractivity contribution in [3.63, 3.8) is 0 Å². The first-order valence-corrected chi connectivity index (χ1v) is 11.5. The van der Waals surface area contributed by atoms with E-state index in [4.69, 9.17) is 9.26 Å². The van der Waals surface area contributed by atoms with Crippen LogP contribution in [0.4, 0.5) is 10.1 Å². The van der Waals surface area contributed by atoms with Gasteiger partial charge in [-0.1, -0.05) is 29.4 Å². The first kappa shape index (κ1) is 20.9. The number of β-amino-alcohol motifs (C(OH)–C–C–N with tert-alkyl or cyclic N) is 1. The molecular formula is C24H24FN3O3S. The van der Waals surface area contributed by atoms with Gasteiger partial charge in [-0.25, -0.2) is 4.39 Å². The molecule has 8 heteroatoms. The molecule has 1 fully saturated rings. The Labute approximate surface area is 189 Å². The van der Waals surface area contributed by atoms with Gasteiger partial charge in [-0.2, -0.15) is 0 Å². The number of thiophene rings is 1. The number of aliphatic hydroxyl groups excluding tert-OH is 1. The molecule has 1 N–H and O–H groups in total. The molecule has 0 spiro atoms.